The highest BCUT2D eigenvalue weighted by atomic mass is 32.2. The Morgan fingerprint density at radius 1 is 1.23 bits per heavy atom. The number of benzene rings is 2. The van der Waals surface area contributed by atoms with E-state index in [0.29, 0.717) is 23.4 Å². The molecule has 0 unspecified atom stereocenters. The zero-order valence-electron chi connectivity index (χ0n) is 21.3. The van der Waals surface area contributed by atoms with Crippen molar-refractivity contribution in [2.45, 2.75) is 20.3 Å². The zero-order chi connectivity index (χ0) is 26.4. The SMILES string of the molecule is C=C(CC=O)S/C=C\C.C=C(Nc1cccc(/C=C/C(=N)c2cc(NC)c(C)cc2N)c1)N(C)C. The molecule has 6 nitrogen and oxygen atoms in total. The molecule has 0 bridgehead atoms. The number of rotatable bonds is 11. The maximum atomic E-state index is 9.88. The summed E-state index contributed by atoms with van der Waals surface area (Å²) in [6.45, 7) is 11.6. The summed E-state index contributed by atoms with van der Waals surface area (Å²) in [6.07, 6.45) is 6.90. The van der Waals surface area contributed by atoms with Gasteiger partial charge in [0.1, 0.15) is 6.29 Å². The van der Waals surface area contributed by atoms with Gasteiger partial charge in [-0.3, -0.25) is 0 Å². The quantitative estimate of drug-likeness (QED) is 0.163. The topological polar surface area (TPSA) is 94.2 Å². The van der Waals surface area contributed by atoms with Crippen LogP contribution in [0.25, 0.3) is 6.08 Å². The second kappa shape index (κ2) is 15.2. The van der Waals surface area contributed by atoms with Gasteiger partial charge >= 0.3 is 0 Å². The standard InChI is InChI=1S/C21H27N5.C7H10OS/c1-14-11-20(23)18(13-21(14)24-3)19(22)10-9-16-7-6-8-17(12-16)25-15(2)26(4)5;1-3-6-9-7(2)4-5-8/h6-13,22,24-25H,2,23H2,1,3-5H3;3,5-6H,2,4H2,1H3/b10-9+,22-19?;6-3-. The van der Waals surface area contributed by atoms with Gasteiger partial charge < -0.3 is 31.5 Å². The van der Waals surface area contributed by atoms with Gasteiger partial charge in [-0.25, -0.2) is 0 Å². The van der Waals surface area contributed by atoms with Crippen molar-refractivity contribution in [3.05, 3.63) is 94.5 Å². The van der Waals surface area contributed by atoms with Gasteiger partial charge in [0.05, 0.1) is 11.5 Å². The summed E-state index contributed by atoms with van der Waals surface area (Å²) in [6, 6.07) is 11.8. The van der Waals surface area contributed by atoms with Crippen molar-refractivity contribution in [2.24, 2.45) is 0 Å². The lowest BCUT2D eigenvalue weighted by Crippen LogP contribution is -2.16. The molecule has 2 aromatic rings. The van der Waals surface area contributed by atoms with Gasteiger partial charge in [0.2, 0.25) is 0 Å². The summed E-state index contributed by atoms with van der Waals surface area (Å²) in [5.74, 6) is 0.811. The molecule has 5 N–H and O–H groups in total. The highest BCUT2D eigenvalue weighted by Gasteiger charge is 2.07. The van der Waals surface area contributed by atoms with Crippen LogP contribution in [0.2, 0.25) is 0 Å². The lowest BCUT2D eigenvalue weighted by Gasteiger charge is -2.17. The van der Waals surface area contributed by atoms with Gasteiger partial charge in [-0.1, -0.05) is 37.4 Å². The number of aryl methyl sites for hydroxylation is 1. The van der Waals surface area contributed by atoms with Crippen LogP contribution in [0.5, 0.6) is 0 Å². The average Bonchev–Trinajstić information content (AvgIpc) is 2.82. The Balaban J connectivity index is 0.000000579. The normalized spacial score (nSPS) is 10.4. The van der Waals surface area contributed by atoms with E-state index in [9.17, 15) is 4.79 Å². The molecule has 0 saturated carbocycles. The lowest BCUT2D eigenvalue weighted by molar-refractivity contribution is -0.107. The van der Waals surface area contributed by atoms with Crippen LogP contribution in [-0.4, -0.2) is 38.0 Å². The zero-order valence-corrected chi connectivity index (χ0v) is 22.1. The molecule has 0 saturated heterocycles. The minimum absolute atomic E-state index is 0.370. The molecular weight excluding hydrogens is 454 g/mol. The third-order valence-corrected chi connectivity index (χ3v) is 5.70. The first-order valence-corrected chi connectivity index (χ1v) is 12.0. The number of aldehydes is 1. The van der Waals surface area contributed by atoms with Crippen molar-refractivity contribution in [1.82, 2.24) is 4.90 Å². The Morgan fingerprint density at radius 3 is 2.54 bits per heavy atom. The molecule has 2 rings (SSSR count). The molecular formula is C28H37N5OS. The summed E-state index contributed by atoms with van der Waals surface area (Å²) in [5, 5.41) is 16.6. The van der Waals surface area contributed by atoms with Gasteiger partial charge in [-0.2, -0.15) is 0 Å². The molecule has 7 heteroatoms. The van der Waals surface area contributed by atoms with E-state index >= 15 is 0 Å². The first-order chi connectivity index (χ1) is 16.6. The number of hydrogen-bond donors (Lipinski definition) is 4. The van der Waals surface area contributed by atoms with E-state index in [0.717, 1.165) is 39.5 Å². The van der Waals surface area contributed by atoms with Crippen LogP contribution in [-0.2, 0) is 4.79 Å². The number of hydrogen-bond acceptors (Lipinski definition) is 7. The fourth-order valence-electron chi connectivity index (χ4n) is 2.81. The van der Waals surface area contributed by atoms with E-state index in [-0.39, 0.29) is 0 Å². The Kier molecular flexibility index (Phi) is 12.8. The first kappa shape index (κ1) is 29.3. The molecule has 0 fully saturated rings. The molecule has 0 aliphatic rings. The number of thioether (sulfide) groups is 1. The Morgan fingerprint density at radius 2 is 1.94 bits per heavy atom. The number of anilines is 3. The van der Waals surface area contributed by atoms with E-state index < -0.39 is 0 Å². The predicted molar refractivity (Wildman–Crippen MR) is 156 cm³/mol. The van der Waals surface area contributed by atoms with Crippen LogP contribution in [0, 0.1) is 12.3 Å². The van der Waals surface area contributed by atoms with Gasteiger partial charge in [0.25, 0.3) is 0 Å². The molecule has 0 atom stereocenters. The number of carbonyl (C=O) groups excluding carboxylic acids is 1. The smallest absolute Gasteiger partial charge is 0.124 e. The third kappa shape index (κ3) is 10.4. The molecule has 0 aliphatic carbocycles. The first-order valence-electron chi connectivity index (χ1n) is 11.1. The highest BCUT2D eigenvalue weighted by Crippen LogP contribution is 2.23. The van der Waals surface area contributed by atoms with E-state index in [2.05, 4.69) is 23.8 Å². The second-order valence-corrected chi connectivity index (χ2v) is 8.92. The van der Waals surface area contributed by atoms with Gasteiger partial charge in [0, 0.05) is 50.2 Å². The van der Waals surface area contributed by atoms with Crippen molar-refractivity contribution in [1.29, 1.82) is 5.41 Å². The van der Waals surface area contributed by atoms with Crippen LogP contribution in [0.1, 0.15) is 30.0 Å². The van der Waals surface area contributed by atoms with Crippen molar-refractivity contribution in [3.8, 4) is 0 Å². The number of nitrogens with one attached hydrogen (secondary N) is 3. The minimum Gasteiger partial charge on any atom is -0.398 e. The molecule has 35 heavy (non-hydrogen) atoms. The summed E-state index contributed by atoms with van der Waals surface area (Å²) in [4.78, 5) is 12.7. The number of nitrogens with zero attached hydrogens (tertiary/aromatic N) is 1. The van der Waals surface area contributed by atoms with Crippen LogP contribution >= 0.6 is 11.8 Å². The number of nitrogen functional groups attached to an aromatic ring is 1. The van der Waals surface area contributed by atoms with Gasteiger partial charge in [0.15, 0.2) is 0 Å². The highest BCUT2D eigenvalue weighted by molar-refractivity contribution is 8.05. The van der Waals surface area contributed by atoms with Crippen LogP contribution in [0.15, 0.2) is 77.8 Å². The third-order valence-electron chi connectivity index (χ3n) is 4.80. The lowest BCUT2D eigenvalue weighted by atomic mass is 10.0. The summed E-state index contributed by atoms with van der Waals surface area (Å²) >= 11 is 1.49. The second-order valence-electron chi connectivity index (χ2n) is 7.84. The van der Waals surface area contributed by atoms with E-state index in [1.807, 2.05) is 93.8 Å². The maximum Gasteiger partial charge on any atom is 0.124 e. The Labute approximate surface area is 214 Å². The van der Waals surface area contributed by atoms with E-state index in [1.165, 1.54) is 11.8 Å². The van der Waals surface area contributed by atoms with Gasteiger partial charge in [-0.15, -0.1) is 11.8 Å². The molecule has 186 valence electrons. The number of allylic oxidation sites excluding steroid dienone is 3. The predicted octanol–water partition coefficient (Wildman–Crippen LogP) is 6.50. The molecule has 0 amide bonds. The molecule has 0 radical (unpaired) electrons. The maximum absolute atomic E-state index is 9.88. The largest absolute Gasteiger partial charge is 0.398 e. The molecule has 2 aromatic carbocycles. The van der Waals surface area contributed by atoms with E-state index in [1.54, 1.807) is 6.08 Å². The van der Waals surface area contributed by atoms with Crippen molar-refractivity contribution >= 4 is 46.9 Å². The van der Waals surface area contributed by atoms with Crippen LogP contribution in [0.4, 0.5) is 17.1 Å². The molecule has 0 heterocycles. The molecule has 0 aromatic heterocycles. The molecule has 0 aliphatic heterocycles. The Hall–Kier alpha value is -3.71. The average molecular weight is 492 g/mol. The minimum atomic E-state index is 0.370. The van der Waals surface area contributed by atoms with E-state index in [4.69, 9.17) is 11.1 Å². The van der Waals surface area contributed by atoms with Gasteiger partial charge in [-0.05, 0) is 65.6 Å². The molecule has 0 spiro atoms. The van der Waals surface area contributed by atoms with Crippen LogP contribution in [0.3, 0.4) is 0 Å². The van der Waals surface area contributed by atoms with Crippen LogP contribution < -0.4 is 16.4 Å². The van der Waals surface area contributed by atoms with Crippen molar-refractivity contribution in [2.75, 3.05) is 37.5 Å². The fourth-order valence-corrected chi connectivity index (χ4v) is 3.30. The summed E-state index contributed by atoms with van der Waals surface area (Å²) in [5.41, 5.74) is 11.8. The summed E-state index contributed by atoms with van der Waals surface area (Å²) in [7, 11) is 5.74. The summed E-state index contributed by atoms with van der Waals surface area (Å²) < 4.78 is 0. The monoisotopic (exact) mass is 491 g/mol. The Bertz CT molecular complexity index is 1100. The fraction of sp³-hybridized carbons (Fsp3) is 0.214. The number of carbonyl (C=O) groups is 1. The van der Waals surface area contributed by atoms with Crippen molar-refractivity contribution in [3.63, 3.8) is 0 Å². The number of nitrogens with two attached hydrogens (primary N) is 1. The van der Waals surface area contributed by atoms with Crippen molar-refractivity contribution < 1.29 is 4.79 Å².